The van der Waals surface area contributed by atoms with Crippen LogP contribution in [0.25, 0.3) is 10.8 Å². The molecule has 0 saturated carbocycles. The van der Waals surface area contributed by atoms with Gasteiger partial charge in [0.15, 0.2) is 0 Å². The van der Waals surface area contributed by atoms with Gasteiger partial charge in [-0.25, -0.2) is 0 Å². The van der Waals surface area contributed by atoms with E-state index in [2.05, 4.69) is 12.1 Å². The third-order valence-corrected chi connectivity index (χ3v) is 4.66. The summed E-state index contributed by atoms with van der Waals surface area (Å²) in [5.74, 6) is -0.573. The number of primary amides is 1. The third-order valence-electron chi connectivity index (χ3n) is 3.69. The number of hydrogen-bond donors (Lipinski definition) is 1. The maximum Gasteiger partial charge on any atom is 0.316 e. The van der Waals surface area contributed by atoms with Crippen LogP contribution in [0.2, 0.25) is 0 Å². The molecule has 0 atom stereocenters. The summed E-state index contributed by atoms with van der Waals surface area (Å²) < 4.78 is 5.26. The molecule has 0 fully saturated rings. The summed E-state index contributed by atoms with van der Waals surface area (Å²) in [7, 11) is 0. The van der Waals surface area contributed by atoms with E-state index in [0.29, 0.717) is 5.56 Å². The normalized spacial score (nSPS) is 10.6. The van der Waals surface area contributed by atoms with E-state index < -0.39 is 5.91 Å². The van der Waals surface area contributed by atoms with Gasteiger partial charge < -0.3 is 10.5 Å². The number of carbonyl (C=O) groups is 2. The lowest BCUT2D eigenvalue weighted by molar-refractivity contribution is -0.141. The van der Waals surface area contributed by atoms with Crippen molar-refractivity contribution in [1.29, 1.82) is 0 Å². The molecule has 0 aliphatic rings. The number of amides is 1. The topological polar surface area (TPSA) is 69.4 Å². The first-order valence-corrected chi connectivity index (χ1v) is 8.76. The largest absolute Gasteiger partial charge is 0.460 e. The average molecular weight is 351 g/mol. The van der Waals surface area contributed by atoms with Gasteiger partial charge in [0, 0.05) is 10.5 Å². The molecule has 1 amide bonds. The van der Waals surface area contributed by atoms with Gasteiger partial charge in [-0.15, -0.1) is 11.8 Å². The first-order valence-electron chi connectivity index (χ1n) is 7.78. The van der Waals surface area contributed by atoms with E-state index in [9.17, 15) is 9.59 Å². The summed E-state index contributed by atoms with van der Waals surface area (Å²) in [4.78, 5) is 24.1. The third kappa shape index (κ3) is 4.61. The molecule has 0 aliphatic heterocycles. The summed E-state index contributed by atoms with van der Waals surface area (Å²) in [5.41, 5.74) is 6.38. The lowest BCUT2D eigenvalue weighted by Crippen LogP contribution is -2.12. The van der Waals surface area contributed by atoms with Crippen molar-refractivity contribution >= 4 is 34.4 Å². The first-order chi connectivity index (χ1) is 12.1. The molecule has 3 aromatic rings. The van der Waals surface area contributed by atoms with Crippen LogP contribution >= 0.6 is 11.8 Å². The molecule has 3 rings (SSSR count). The van der Waals surface area contributed by atoms with Crippen molar-refractivity contribution in [3.8, 4) is 0 Å². The van der Waals surface area contributed by atoms with Crippen LogP contribution in [0.3, 0.4) is 0 Å². The average Bonchev–Trinajstić information content (AvgIpc) is 2.64. The molecule has 0 heterocycles. The molecule has 0 saturated heterocycles. The van der Waals surface area contributed by atoms with Gasteiger partial charge in [0.1, 0.15) is 6.61 Å². The molecule has 0 radical (unpaired) electrons. The van der Waals surface area contributed by atoms with Crippen molar-refractivity contribution in [2.45, 2.75) is 11.5 Å². The van der Waals surface area contributed by atoms with Gasteiger partial charge in [0.25, 0.3) is 0 Å². The second kappa shape index (κ2) is 7.85. The van der Waals surface area contributed by atoms with Crippen molar-refractivity contribution in [3.05, 3.63) is 77.9 Å². The second-order valence-corrected chi connectivity index (χ2v) is 6.57. The van der Waals surface area contributed by atoms with E-state index in [0.717, 1.165) is 15.8 Å². The van der Waals surface area contributed by atoms with Gasteiger partial charge in [-0.1, -0.05) is 42.5 Å². The van der Waals surface area contributed by atoms with Crippen LogP contribution < -0.4 is 5.73 Å². The van der Waals surface area contributed by atoms with Crippen molar-refractivity contribution in [2.24, 2.45) is 5.73 Å². The van der Waals surface area contributed by atoms with Gasteiger partial charge >= 0.3 is 5.97 Å². The van der Waals surface area contributed by atoms with E-state index in [1.165, 1.54) is 17.1 Å². The van der Waals surface area contributed by atoms with Crippen LogP contribution in [0, 0.1) is 0 Å². The van der Waals surface area contributed by atoms with Gasteiger partial charge in [0.05, 0.1) is 5.75 Å². The molecule has 0 aromatic heterocycles. The molecule has 0 unspecified atom stereocenters. The van der Waals surface area contributed by atoms with Gasteiger partial charge in [-0.05, 0) is 40.6 Å². The maximum atomic E-state index is 11.9. The van der Waals surface area contributed by atoms with Crippen LogP contribution in [0.4, 0.5) is 0 Å². The molecule has 0 spiro atoms. The quantitative estimate of drug-likeness (QED) is 0.542. The van der Waals surface area contributed by atoms with E-state index in [-0.39, 0.29) is 18.3 Å². The van der Waals surface area contributed by atoms with E-state index in [4.69, 9.17) is 10.5 Å². The Hall–Kier alpha value is -2.79. The Morgan fingerprint density at radius 2 is 1.72 bits per heavy atom. The number of hydrogen-bond acceptors (Lipinski definition) is 4. The van der Waals surface area contributed by atoms with Crippen molar-refractivity contribution < 1.29 is 14.3 Å². The minimum absolute atomic E-state index is 0.123. The SMILES string of the molecule is NC(=O)c1cccc(COC(=O)CSc2ccc3ccccc3c2)c1. The van der Waals surface area contributed by atoms with Gasteiger partial charge in [-0.2, -0.15) is 0 Å². The molecular formula is C20H17NO3S. The Bertz CT molecular complexity index is 923. The van der Waals surface area contributed by atoms with Crippen molar-refractivity contribution in [1.82, 2.24) is 0 Å². The van der Waals surface area contributed by atoms with Gasteiger partial charge in [-0.3, -0.25) is 9.59 Å². The second-order valence-electron chi connectivity index (χ2n) is 5.52. The van der Waals surface area contributed by atoms with Crippen molar-refractivity contribution in [2.75, 3.05) is 5.75 Å². The number of rotatable bonds is 6. The Labute approximate surface area is 150 Å². The minimum Gasteiger partial charge on any atom is -0.460 e. The maximum absolute atomic E-state index is 11.9. The monoisotopic (exact) mass is 351 g/mol. The molecule has 0 aliphatic carbocycles. The Balaban J connectivity index is 1.53. The zero-order chi connectivity index (χ0) is 17.6. The predicted molar refractivity (Wildman–Crippen MR) is 99.4 cm³/mol. The first kappa shape index (κ1) is 17.0. The van der Waals surface area contributed by atoms with Crippen LogP contribution in [0.1, 0.15) is 15.9 Å². The lowest BCUT2D eigenvalue weighted by atomic mass is 10.1. The van der Waals surface area contributed by atoms with E-state index in [1.807, 2.05) is 30.3 Å². The summed E-state index contributed by atoms with van der Waals surface area (Å²) in [6, 6.07) is 20.9. The number of thioether (sulfide) groups is 1. The molecule has 0 bridgehead atoms. The van der Waals surface area contributed by atoms with E-state index in [1.54, 1.807) is 24.3 Å². The van der Waals surface area contributed by atoms with Crippen LogP contribution in [0.5, 0.6) is 0 Å². The van der Waals surface area contributed by atoms with Crippen molar-refractivity contribution in [3.63, 3.8) is 0 Å². The molecule has 4 nitrogen and oxygen atoms in total. The number of nitrogens with two attached hydrogens (primary N) is 1. The highest BCUT2D eigenvalue weighted by Gasteiger charge is 2.07. The Morgan fingerprint density at radius 3 is 2.52 bits per heavy atom. The highest BCUT2D eigenvalue weighted by molar-refractivity contribution is 8.00. The fourth-order valence-electron chi connectivity index (χ4n) is 2.42. The summed E-state index contributed by atoms with van der Waals surface area (Å²) in [6.45, 7) is 0.123. The molecule has 2 N–H and O–H groups in total. The lowest BCUT2D eigenvalue weighted by Gasteiger charge is -2.07. The number of carbonyl (C=O) groups excluding carboxylic acids is 2. The smallest absolute Gasteiger partial charge is 0.316 e. The summed E-state index contributed by atoms with van der Waals surface area (Å²) in [6.07, 6.45) is 0. The summed E-state index contributed by atoms with van der Waals surface area (Å²) >= 11 is 1.44. The zero-order valence-corrected chi connectivity index (χ0v) is 14.3. The highest BCUT2D eigenvalue weighted by atomic mass is 32.2. The van der Waals surface area contributed by atoms with Crippen LogP contribution in [-0.2, 0) is 16.1 Å². The molecule has 25 heavy (non-hydrogen) atoms. The summed E-state index contributed by atoms with van der Waals surface area (Å²) in [5, 5.41) is 2.31. The van der Waals surface area contributed by atoms with Crippen LogP contribution in [0.15, 0.2) is 71.6 Å². The Kier molecular flexibility index (Phi) is 5.36. The molecule has 126 valence electrons. The van der Waals surface area contributed by atoms with Gasteiger partial charge in [0.2, 0.25) is 5.91 Å². The minimum atomic E-state index is -0.500. The number of ether oxygens (including phenoxy) is 1. The molecule has 5 heteroatoms. The molecular weight excluding hydrogens is 334 g/mol. The zero-order valence-electron chi connectivity index (χ0n) is 13.5. The highest BCUT2D eigenvalue weighted by Crippen LogP contribution is 2.23. The Morgan fingerprint density at radius 1 is 0.920 bits per heavy atom. The van der Waals surface area contributed by atoms with Crippen LogP contribution in [-0.4, -0.2) is 17.6 Å². The fraction of sp³-hybridized carbons (Fsp3) is 0.100. The number of benzene rings is 3. The fourth-order valence-corrected chi connectivity index (χ4v) is 3.16. The number of fused-ring (bicyclic) bond motifs is 1. The predicted octanol–water partition coefficient (Wildman–Crippen LogP) is 3.77. The number of esters is 1. The molecule has 3 aromatic carbocycles. The van der Waals surface area contributed by atoms with E-state index >= 15 is 0 Å². The standard InChI is InChI=1S/C20H17NO3S/c21-20(23)17-7-3-4-14(10-17)12-24-19(22)13-25-18-9-8-15-5-1-2-6-16(15)11-18/h1-11H,12-13H2,(H2,21,23).